The minimum atomic E-state index is -1.17. The number of hydrogen-bond acceptors (Lipinski definition) is 4. The van der Waals surface area contributed by atoms with E-state index in [1.165, 1.54) is 43.1 Å². The van der Waals surface area contributed by atoms with Gasteiger partial charge < -0.3 is 10.4 Å². The lowest BCUT2D eigenvalue weighted by molar-refractivity contribution is -0.134. The van der Waals surface area contributed by atoms with Gasteiger partial charge in [0.1, 0.15) is 10.7 Å². The number of nitrogens with one attached hydrogen (secondary N) is 1. The Balaban J connectivity index is 1.67. The van der Waals surface area contributed by atoms with E-state index in [4.69, 9.17) is 11.6 Å². The minimum absolute atomic E-state index is 0.138. The van der Waals surface area contributed by atoms with Crippen LogP contribution in [0.4, 0.5) is 0 Å². The molecular formula is C20H21ClN2O3S. The zero-order valence-electron chi connectivity index (χ0n) is 14.8. The smallest absolute Gasteiger partial charge is 0.352 e. The third kappa shape index (κ3) is 5.40. The number of benzene rings is 1. The van der Waals surface area contributed by atoms with Crippen molar-refractivity contribution in [2.24, 2.45) is 5.92 Å². The van der Waals surface area contributed by atoms with Gasteiger partial charge in [-0.3, -0.25) is 4.79 Å². The molecule has 7 heteroatoms. The van der Waals surface area contributed by atoms with Crippen LogP contribution in [-0.2, 0) is 9.59 Å². The average molecular weight is 405 g/mol. The molecule has 1 fully saturated rings. The first kappa shape index (κ1) is 19.6. The molecule has 0 spiro atoms. The van der Waals surface area contributed by atoms with Gasteiger partial charge in [-0.1, -0.05) is 55.5 Å². The third-order valence-corrected chi connectivity index (χ3v) is 5.98. The molecule has 1 aliphatic rings. The Labute approximate surface area is 167 Å². The number of aromatic nitrogens is 1. The summed E-state index contributed by atoms with van der Waals surface area (Å²) in [5, 5.41) is 13.2. The van der Waals surface area contributed by atoms with E-state index in [1.807, 2.05) is 18.2 Å². The van der Waals surface area contributed by atoms with Crippen LogP contribution >= 0.6 is 22.9 Å². The number of thiazole rings is 1. The molecular weight excluding hydrogens is 384 g/mol. The van der Waals surface area contributed by atoms with Crippen molar-refractivity contribution in [1.29, 1.82) is 0 Å². The molecule has 1 aliphatic carbocycles. The van der Waals surface area contributed by atoms with E-state index in [9.17, 15) is 14.7 Å². The number of rotatable bonds is 7. The van der Waals surface area contributed by atoms with Crippen molar-refractivity contribution in [3.8, 4) is 10.6 Å². The molecule has 0 bridgehead atoms. The van der Waals surface area contributed by atoms with Crippen LogP contribution < -0.4 is 5.32 Å². The summed E-state index contributed by atoms with van der Waals surface area (Å²) < 4.78 is 0. The van der Waals surface area contributed by atoms with Crippen molar-refractivity contribution in [1.82, 2.24) is 10.3 Å². The third-order valence-electron chi connectivity index (χ3n) is 4.67. The van der Waals surface area contributed by atoms with E-state index < -0.39 is 5.97 Å². The van der Waals surface area contributed by atoms with Crippen LogP contribution in [0.2, 0.25) is 5.02 Å². The second-order valence-electron chi connectivity index (χ2n) is 6.65. The van der Waals surface area contributed by atoms with Crippen molar-refractivity contribution in [3.63, 3.8) is 0 Å². The maximum Gasteiger partial charge on any atom is 0.352 e. The second-order valence-corrected chi connectivity index (χ2v) is 8.12. The number of hydrogen-bond donors (Lipinski definition) is 2. The first-order chi connectivity index (χ1) is 13.0. The molecule has 1 amide bonds. The number of amides is 1. The number of carbonyl (C=O) groups is 2. The summed E-state index contributed by atoms with van der Waals surface area (Å²) in [4.78, 5) is 28.6. The Kier molecular flexibility index (Phi) is 6.63. The van der Waals surface area contributed by atoms with E-state index in [-0.39, 0.29) is 11.6 Å². The Morgan fingerprint density at radius 3 is 2.74 bits per heavy atom. The highest BCUT2D eigenvalue weighted by molar-refractivity contribution is 7.16. The molecule has 1 heterocycles. The Hall–Kier alpha value is -2.18. The van der Waals surface area contributed by atoms with Crippen LogP contribution in [0.1, 0.15) is 43.4 Å². The van der Waals surface area contributed by atoms with E-state index in [0.29, 0.717) is 27.2 Å². The summed E-state index contributed by atoms with van der Waals surface area (Å²) in [6, 6.07) is 7.34. The van der Waals surface area contributed by atoms with Gasteiger partial charge in [-0.05, 0) is 24.5 Å². The molecule has 2 N–H and O–H groups in total. The fraction of sp³-hybridized carbons (Fsp3) is 0.350. The Bertz CT molecular complexity index is 856. The van der Waals surface area contributed by atoms with Crippen LogP contribution in [0.25, 0.3) is 16.6 Å². The van der Waals surface area contributed by atoms with Crippen molar-refractivity contribution in [3.05, 3.63) is 46.1 Å². The molecule has 1 saturated carbocycles. The Morgan fingerprint density at radius 1 is 1.30 bits per heavy atom. The zero-order chi connectivity index (χ0) is 19.2. The largest absolute Gasteiger partial charge is 0.477 e. The molecule has 5 nitrogen and oxygen atoms in total. The first-order valence-corrected chi connectivity index (χ1v) is 10.2. The number of carboxylic acid groups (broad SMARTS) is 1. The molecule has 3 rings (SSSR count). The van der Waals surface area contributed by atoms with Crippen molar-refractivity contribution < 1.29 is 14.7 Å². The molecule has 1 aromatic heterocycles. The molecule has 1 aromatic carbocycles. The SMILES string of the molecule is O=C(CCC1CCCC1)N/C(=C\c1cnc(-c2ccccc2Cl)s1)C(=O)O. The monoisotopic (exact) mass is 404 g/mol. The van der Waals surface area contributed by atoms with Crippen LogP contribution in [0, 0.1) is 5.92 Å². The standard InChI is InChI=1S/C20H21ClN2O3S/c21-16-8-4-3-7-15(16)19-22-12-14(27-19)11-17(20(25)26)23-18(24)10-9-13-5-1-2-6-13/h3-4,7-8,11-13H,1-2,5-6,9-10H2,(H,23,24)(H,25,26)/b17-11-. The summed E-state index contributed by atoms with van der Waals surface area (Å²) in [5.74, 6) is -0.837. The van der Waals surface area contributed by atoms with E-state index in [1.54, 1.807) is 12.3 Å². The van der Waals surface area contributed by atoms with Gasteiger partial charge >= 0.3 is 5.97 Å². The van der Waals surface area contributed by atoms with Gasteiger partial charge in [-0.15, -0.1) is 11.3 Å². The second kappa shape index (κ2) is 9.15. The van der Waals surface area contributed by atoms with Gasteiger partial charge in [0.15, 0.2) is 0 Å². The van der Waals surface area contributed by atoms with E-state index in [0.717, 1.165) is 12.0 Å². The van der Waals surface area contributed by atoms with E-state index >= 15 is 0 Å². The topological polar surface area (TPSA) is 79.3 Å². The normalized spacial score (nSPS) is 15.1. The highest BCUT2D eigenvalue weighted by atomic mass is 35.5. The first-order valence-electron chi connectivity index (χ1n) is 8.98. The maximum absolute atomic E-state index is 12.1. The van der Waals surface area contributed by atoms with Crippen molar-refractivity contribution in [2.45, 2.75) is 38.5 Å². The lowest BCUT2D eigenvalue weighted by Crippen LogP contribution is -2.27. The minimum Gasteiger partial charge on any atom is -0.477 e. The fourth-order valence-electron chi connectivity index (χ4n) is 3.25. The van der Waals surface area contributed by atoms with Crippen molar-refractivity contribution in [2.75, 3.05) is 0 Å². The van der Waals surface area contributed by atoms with Crippen LogP contribution in [0.15, 0.2) is 36.2 Å². The Morgan fingerprint density at radius 2 is 2.04 bits per heavy atom. The van der Waals surface area contributed by atoms with Gasteiger partial charge in [0.05, 0.1) is 5.02 Å². The highest BCUT2D eigenvalue weighted by Gasteiger charge is 2.18. The summed E-state index contributed by atoms with van der Waals surface area (Å²) >= 11 is 7.50. The predicted molar refractivity (Wildman–Crippen MR) is 108 cm³/mol. The van der Waals surface area contributed by atoms with Gasteiger partial charge in [-0.25, -0.2) is 9.78 Å². The number of carbonyl (C=O) groups excluding carboxylic acids is 1. The van der Waals surface area contributed by atoms with Gasteiger partial charge in [0, 0.05) is 23.1 Å². The number of aliphatic carboxylic acids is 1. The van der Waals surface area contributed by atoms with Crippen molar-refractivity contribution >= 4 is 40.9 Å². The van der Waals surface area contributed by atoms with Crippen LogP contribution in [0.5, 0.6) is 0 Å². The lowest BCUT2D eigenvalue weighted by atomic mass is 10.0. The lowest BCUT2D eigenvalue weighted by Gasteiger charge is -2.09. The number of nitrogens with zero attached hydrogens (tertiary/aromatic N) is 1. The quantitative estimate of drug-likeness (QED) is 0.638. The van der Waals surface area contributed by atoms with Crippen LogP contribution in [-0.4, -0.2) is 22.0 Å². The van der Waals surface area contributed by atoms with Crippen LogP contribution in [0.3, 0.4) is 0 Å². The summed E-state index contributed by atoms with van der Waals surface area (Å²) in [5.41, 5.74) is 0.655. The highest BCUT2D eigenvalue weighted by Crippen LogP contribution is 2.32. The summed E-state index contributed by atoms with van der Waals surface area (Å²) in [6.07, 6.45) is 8.97. The fourth-order valence-corrected chi connectivity index (χ4v) is 4.43. The number of halogens is 1. The summed E-state index contributed by atoms with van der Waals surface area (Å²) in [6.45, 7) is 0. The molecule has 27 heavy (non-hydrogen) atoms. The molecule has 0 radical (unpaired) electrons. The molecule has 0 atom stereocenters. The van der Waals surface area contributed by atoms with Gasteiger partial charge in [-0.2, -0.15) is 0 Å². The summed E-state index contributed by atoms with van der Waals surface area (Å²) in [7, 11) is 0. The predicted octanol–water partition coefficient (Wildman–Crippen LogP) is 4.98. The number of carboxylic acids is 1. The van der Waals surface area contributed by atoms with Gasteiger partial charge in [0.2, 0.25) is 5.91 Å². The zero-order valence-corrected chi connectivity index (χ0v) is 16.4. The molecule has 0 unspecified atom stereocenters. The molecule has 142 valence electrons. The molecule has 0 saturated heterocycles. The van der Waals surface area contributed by atoms with E-state index in [2.05, 4.69) is 10.3 Å². The maximum atomic E-state index is 12.1. The van der Waals surface area contributed by atoms with Gasteiger partial charge in [0.25, 0.3) is 0 Å². The molecule has 2 aromatic rings. The average Bonchev–Trinajstić information content (AvgIpc) is 3.31. The molecule has 0 aliphatic heterocycles.